The van der Waals surface area contributed by atoms with Gasteiger partial charge in [-0.05, 0) is 63.3 Å². The van der Waals surface area contributed by atoms with Crippen molar-refractivity contribution in [1.82, 2.24) is 9.80 Å². The number of carboxylic acid groups (broad SMARTS) is 1. The number of rotatable bonds is 6. The Kier molecular flexibility index (Phi) is 4.56. The summed E-state index contributed by atoms with van der Waals surface area (Å²) in [6.45, 7) is 4.06. The van der Waals surface area contributed by atoms with Gasteiger partial charge in [-0.3, -0.25) is 4.90 Å². The molecule has 0 spiro atoms. The van der Waals surface area contributed by atoms with Gasteiger partial charge in [0.05, 0.1) is 5.56 Å². The van der Waals surface area contributed by atoms with Crippen molar-refractivity contribution in [3.63, 3.8) is 0 Å². The van der Waals surface area contributed by atoms with E-state index in [4.69, 9.17) is 5.11 Å². The smallest absolute Gasteiger partial charge is 0.335 e. The fourth-order valence-electron chi connectivity index (χ4n) is 2.52. The van der Waals surface area contributed by atoms with Crippen LogP contribution in [-0.4, -0.2) is 48.1 Å². The van der Waals surface area contributed by atoms with E-state index in [1.807, 2.05) is 12.1 Å². The van der Waals surface area contributed by atoms with Crippen LogP contribution in [0.4, 0.5) is 0 Å². The third-order valence-corrected chi connectivity index (χ3v) is 3.57. The van der Waals surface area contributed by atoms with E-state index in [2.05, 4.69) is 23.9 Å². The van der Waals surface area contributed by atoms with Crippen molar-refractivity contribution < 1.29 is 9.90 Å². The highest BCUT2D eigenvalue weighted by atomic mass is 16.4. The Morgan fingerprint density at radius 2 is 2.00 bits per heavy atom. The average Bonchev–Trinajstić information content (AvgIpc) is 2.75. The Morgan fingerprint density at radius 1 is 1.26 bits per heavy atom. The molecule has 0 atom stereocenters. The summed E-state index contributed by atoms with van der Waals surface area (Å²) in [4.78, 5) is 15.5. The van der Waals surface area contributed by atoms with Crippen molar-refractivity contribution in [2.45, 2.75) is 25.9 Å². The van der Waals surface area contributed by atoms with Crippen LogP contribution in [0.2, 0.25) is 0 Å². The van der Waals surface area contributed by atoms with Gasteiger partial charge in [0.25, 0.3) is 0 Å². The van der Waals surface area contributed by atoms with E-state index in [0.717, 1.165) is 26.2 Å². The van der Waals surface area contributed by atoms with Crippen molar-refractivity contribution >= 4 is 5.97 Å². The lowest BCUT2D eigenvalue weighted by Crippen LogP contribution is -2.19. The predicted octanol–water partition coefficient (Wildman–Crippen LogP) is 2.04. The van der Waals surface area contributed by atoms with E-state index < -0.39 is 5.97 Å². The third-order valence-electron chi connectivity index (χ3n) is 3.57. The molecule has 4 nitrogen and oxygen atoms in total. The molecule has 0 saturated heterocycles. The molecule has 1 heterocycles. The summed E-state index contributed by atoms with van der Waals surface area (Å²) in [5.74, 6) is -0.841. The summed E-state index contributed by atoms with van der Waals surface area (Å²) in [6.07, 6.45) is 2.40. The van der Waals surface area contributed by atoms with Gasteiger partial charge >= 0.3 is 5.97 Å². The fourth-order valence-corrected chi connectivity index (χ4v) is 2.52. The summed E-state index contributed by atoms with van der Waals surface area (Å²) in [7, 11) is 4.19. The maximum absolute atomic E-state index is 10.9. The molecule has 0 aliphatic carbocycles. The molecule has 0 fully saturated rings. The van der Waals surface area contributed by atoms with Crippen LogP contribution in [0.1, 0.15) is 34.3 Å². The summed E-state index contributed by atoms with van der Waals surface area (Å²) < 4.78 is 0. The molecule has 19 heavy (non-hydrogen) atoms. The van der Waals surface area contributed by atoms with Crippen LogP contribution in [0.3, 0.4) is 0 Å². The number of unbranched alkanes of at least 4 members (excludes halogenated alkanes) is 1. The molecule has 1 aliphatic rings. The molecule has 1 aromatic rings. The first-order valence-electron chi connectivity index (χ1n) is 6.78. The Morgan fingerprint density at radius 3 is 2.68 bits per heavy atom. The van der Waals surface area contributed by atoms with Crippen LogP contribution in [-0.2, 0) is 13.1 Å². The van der Waals surface area contributed by atoms with Crippen molar-refractivity contribution in [1.29, 1.82) is 0 Å². The van der Waals surface area contributed by atoms with Crippen LogP contribution in [0.5, 0.6) is 0 Å². The van der Waals surface area contributed by atoms with Gasteiger partial charge in [0.1, 0.15) is 0 Å². The van der Waals surface area contributed by atoms with Crippen LogP contribution >= 0.6 is 0 Å². The normalized spacial score (nSPS) is 14.9. The lowest BCUT2D eigenvalue weighted by atomic mass is 10.1. The van der Waals surface area contributed by atoms with E-state index in [9.17, 15) is 4.79 Å². The summed E-state index contributed by atoms with van der Waals surface area (Å²) in [5, 5.41) is 8.99. The second kappa shape index (κ2) is 6.17. The van der Waals surface area contributed by atoms with Gasteiger partial charge in [-0.2, -0.15) is 0 Å². The average molecular weight is 262 g/mol. The summed E-state index contributed by atoms with van der Waals surface area (Å²) in [6, 6.07) is 5.48. The van der Waals surface area contributed by atoms with Gasteiger partial charge in [0, 0.05) is 13.1 Å². The van der Waals surface area contributed by atoms with Crippen molar-refractivity contribution in [3.8, 4) is 0 Å². The second-order valence-electron chi connectivity index (χ2n) is 5.51. The number of benzene rings is 1. The summed E-state index contributed by atoms with van der Waals surface area (Å²) >= 11 is 0. The molecule has 0 saturated carbocycles. The standard InChI is InChI=1S/C15H22N2O2/c1-16(2)7-3-4-8-17-10-13-6-5-12(15(18)19)9-14(13)11-17/h5-6,9H,3-4,7-8,10-11H2,1-2H3,(H,18,19). The Labute approximate surface area is 114 Å². The molecular formula is C15H22N2O2. The SMILES string of the molecule is CN(C)CCCCN1Cc2ccc(C(=O)O)cc2C1. The molecule has 0 radical (unpaired) electrons. The molecule has 0 bridgehead atoms. The number of hydrogen-bond donors (Lipinski definition) is 1. The second-order valence-corrected chi connectivity index (χ2v) is 5.51. The number of carbonyl (C=O) groups is 1. The van der Waals surface area contributed by atoms with Crippen LogP contribution in [0.15, 0.2) is 18.2 Å². The van der Waals surface area contributed by atoms with Crippen molar-refractivity contribution in [2.75, 3.05) is 27.2 Å². The number of fused-ring (bicyclic) bond motifs is 1. The molecule has 2 rings (SSSR count). The molecule has 1 aliphatic heterocycles. The molecule has 104 valence electrons. The van der Waals surface area contributed by atoms with E-state index in [1.54, 1.807) is 6.07 Å². The van der Waals surface area contributed by atoms with Gasteiger partial charge in [0.2, 0.25) is 0 Å². The lowest BCUT2D eigenvalue weighted by molar-refractivity contribution is 0.0696. The predicted molar refractivity (Wildman–Crippen MR) is 75.3 cm³/mol. The Balaban J connectivity index is 1.84. The highest BCUT2D eigenvalue weighted by Crippen LogP contribution is 2.24. The quantitative estimate of drug-likeness (QED) is 0.797. The fraction of sp³-hybridized carbons (Fsp3) is 0.533. The minimum Gasteiger partial charge on any atom is -0.478 e. The van der Waals surface area contributed by atoms with Gasteiger partial charge in [-0.1, -0.05) is 6.07 Å². The van der Waals surface area contributed by atoms with Gasteiger partial charge in [-0.25, -0.2) is 4.79 Å². The zero-order chi connectivity index (χ0) is 13.8. The zero-order valence-electron chi connectivity index (χ0n) is 11.7. The highest BCUT2D eigenvalue weighted by Gasteiger charge is 2.19. The number of nitrogens with zero attached hydrogens (tertiary/aromatic N) is 2. The van der Waals surface area contributed by atoms with Gasteiger partial charge in [-0.15, -0.1) is 0 Å². The molecule has 0 unspecified atom stereocenters. The van der Waals surface area contributed by atoms with Crippen molar-refractivity contribution in [3.05, 3.63) is 34.9 Å². The molecule has 4 heteroatoms. The van der Waals surface area contributed by atoms with E-state index in [-0.39, 0.29) is 0 Å². The van der Waals surface area contributed by atoms with Crippen LogP contribution < -0.4 is 0 Å². The molecular weight excluding hydrogens is 240 g/mol. The van der Waals surface area contributed by atoms with E-state index in [1.165, 1.54) is 24.0 Å². The van der Waals surface area contributed by atoms with Crippen LogP contribution in [0, 0.1) is 0 Å². The largest absolute Gasteiger partial charge is 0.478 e. The molecule has 1 N–H and O–H groups in total. The number of carboxylic acids is 1. The molecule has 0 amide bonds. The minimum absolute atomic E-state index is 0.396. The van der Waals surface area contributed by atoms with E-state index >= 15 is 0 Å². The minimum atomic E-state index is -0.841. The maximum Gasteiger partial charge on any atom is 0.335 e. The first-order chi connectivity index (χ1) is 9.06. The zero-order valence-corrected chi connectivity index (χ0v) is 11.7. The lowest BCUT2D eigenvalue weighted by Gasteiger charge is -2.15. The summed E-state index contributed by atoms with van der Waals surface area (Å²) in [5.41, 5.74) is 2.85. The molecule has 0 aromatic heterocycles. The molecule has 1 aromatic carbocycles. The van der Waals surface area contributed by atoms with E-state index in [0.29, 0.717) is 5.56 Å². The first-order valence-corrected chi connectivity index (χ1v) is 6.78. The third kappa shape index (κ3) is 3.78. The monoisotopic (exact) mass is 262 g/mol. The van der Waals surface area contributed by atoms with Crippen LogP contribution in [0.25, 0.3) is 0 Å². The topological polar surface area (TPSA) is 43.8 Å². The highest BCUT2D eigenvalue weighted by molar-refractivity contribution is 5.87. The first kappa shape index (κ1) is 14.0. The Hall–Kier alpha value is -1.39. The Bertz CT molecular complexity index is 457. The van der Waals surface area contributed by atoms with Crippen molar-refractivity contribution in [2.24, 2.45) is 0 Å². The van der Waals surface area contributed by atoms with Gasteiger partial charge < -0.3 is 10.0 Å². The van der Waals surface area contributed by atoms with Gasteiger partial charge in [0.15, 0.2) is 0 Å². The number of hydrogen-bond acceptors (Lipinski definition) is 3. The maximum atomic E-state index is 10.9. The number of aromatic carboxylic acids is 1.